The van der Waals surface area contributed by atoms with Crippen LogP contribution in [0.5, 0.6) is 5.75 Å². The summed E-state index contributed by atoms with van der Waals surface area (Å²) in [7, 11) is 5.59. The second kappa shape index (κ2) is 38.9. The van der Waals surface area contributed by atoms with Gasteiger partial charge in [-0.15, -0.1) is 26.0 Å². The van der Waals surface area contributed by atoms with Crippen molar-refractivity contribution < 1.29 is 9.13 Å². The van der Waals surface area contributed by atoms with Crippen LogP contribution in [0.2, 0.25) is 0 Å². The lowest BCUT2D eigenvalue weighted by atomic mass is 9.73. The van der Waals surface area contributed by atoms with Crippen molar-refractivity contribution in [1.82, 2.24) is 14.7 Å². The standard InChI is InChI=1S/C16H22FN3O.C8H16.C7H17N.C7H14.C3H6.C2H5N.2C2H6.C2H2/c1-3-19-9-16(10-19)11-20(12-16)15(18-2)8-21-14-6-4-13(17)5-7-14;1-7(2)6-8(3,4)5;1-6(2)8(5)7(3)4;1-7-5-3-2-4-6-7;2*1-3-2;3*1-2/h4-7H,3,8-12H2,1-2H3;1,6H2,2-5H3;6-7H,1-5H3;7H,2-6H2,1H3;3H,1H2,2H3;1H2,2H3;2*1-2H3;1-2H. The molecule has 0 aromatic heterocycles. The molecular formula is C49H94FN5O. The molecule has 1 aromatic carbocycles. The highest BCUT2D eigenvalue weighted by Gasteiger charge is 2.51. The Morgan fingerprint density at radius 2 is 1.38 bits per heavy atom. The molecule has 56 heavy (non-hydrogen) atoms. The molecule has 3 fully saturated rings. The summed E-state index contributed by atoms with van der Waals surface area (Å²) < 4.78 is 18.5. The Morgan fingerprint density at radius 1 is 0.964 bits per heavy atom. The van der Waals surface area contributed by atoms with Crippen LogP contribution in [0.15, 0.2) is 59.1 Å². The van der Waals surface area contributed by atoms with Gasteiger partial charge >= 0.3 is 0 Å². The zero-order valence-corrected chi connectivity index (χ0v) is 40.4. The number of hydrogen-bond donors (Lipinski definition) is 0. The predicted octanol–water partition coefficient (Wildman–Crippen LogP) is 13.0. The summed E-state index contributed by atoms with van der Waals surface area (Å²) in [6.07, 6.45) is 18.3. The van der Waals surface area contributed by atoms with E-state index in [1.165, 1.54) is 62.9 Å². The van der Waals surface area contributed by atoms with Crippen LogP contribution < -0.4 is 4.74 Å². The third-order valence-corrected chi connectivity index (χ3v) is 8.78. The molecule has 0 amide bonds. The Bertz CT molecular complexity index is 1070. The van der Waals surface area contributed by atoms with Gasteiger partial charge in [-0.1, -0.05) is 106 Å². The van der Waals surface area contributed by atoms with Crippen LogP contribution in [0, 0.1) is 35.4 Å². The van der Waals surface area contributed by atoms with Crippen LogP contribution in [0.3, 0.4) is 0 Å². The second-order valence-corrected chi connectivity index (χ2v) is 16.1. The van der Waals surface area contributed by atoms with Crippen LogP contribution in [0.4, 0.5) is 4.39 Å². The van der Waals surface area contributed by atoms with E-state index in [1.807, 2.05) is 34.6 Å². The molecule has 1 spiro atoms. The highest BCUT2D eigenvalue weighted by Crippen LogP contribution is 2.39. The van der Waals surface area contributed by atoms with Crippen molar-refractivity contribution in [2.45, 2.75) is 154 Å². The molecule has 328 valence electrons. The van der Waals surface area contributed by atoms with Crippen molar-refractivity contribution in [3.8, 4) is 18.6 Å². The fourth-order valence-electron chi connectivity index (χ4n) is 6.06. The van der Waals surface area contributed by atoms with Crippen LogP contribution in [0.25, 0.3) is 0 Å². The quantitative estimate of drug-likeness (QED) is 0.119. The van der Waals surface area contributed by atoms with Gasteiger partial charge in [0.1, 0.15) is 24.0 Å². The molecule has 1 aliphatic carbocycles. The van der Waals surface area contributed by atoms with Gasteiger partial charge in [-0.2, -0.15) is 0 Å². The first-order valence-electron chi connectivity index (χ1n) is 21.3. The smallest absolute Gasteiger partial charge is 0.145 e. The van der Waals surface area contributed by atoms with E-state index in [0.717, 1.165) is 37.8 Å². The van der Waals surface area contributed by atoms with E-state index >= 15 is 0 Å². The number of likely N-dealkylation sites (tertiary alicyclic amines) is 2. The van der Waals surface area contributed by atoms with Crippen LogP contribution >= 0.6 is 0 Å². The minimum atomic E-state index is -0.248. The number of halogens is 1. The summed E-state index contributed by atoms with van der Waals surface area (Å²) in [4.78, 5) is 14.7. The number of aliphatic imine (C=N–C) groups is 2. The second-order valence-electron chi connectivity index (χ2n) is 16.1. The lowest BCUT2D eigenvalue weighted by Crippen LogP contribution is -2.73. The van der Waals surface area contributed by atoms with E-state index < -0.39 is 0 Å². The zero-order valence-electron chi connectivity index (χ0n) is 40.4. The van der Waals surface area contributed by atoms with E-state index in [4.69, 9.17) is 4.74 Å². The molecule has 2 heterocycles. The van der Waals surface area contributed by atoms with Crippen molar-refractivity contribution >= 4 is 12.6 Å². The van der Waals surface area contributed by atoms with Crippen molar-refractivity contribution in [2.75, 3.05) is 60.5 Å². The molecule has 3 aliphatic rings. The number of rotatable bonds is 7. The Kier molecular flexibility index (Phi) is 43.2. The first-order chi connectivity index (χ1) is 26.3. The summed E-state index contributed by atoms with van der Waals surface area (Å²) in [5.74, 6) is 2.43. The lowest BCUT2D eigenvalue weighted by Gasteiger charge is -2.61. The van der Waals surface area contributed by atoms with Crippen LogP contribution in [-0.2, 0) is 0 Å². The van der Waals surface area contributed by atoms with E-state index in [-0.39, 0.29) is 5.82 Å². The highest BCUT2D eigenvalue weighted by molar-refractivity contribution is 5.84. The normalized spacial score (nSPS) is 15.1. The van der Waals surface area contributed by atoms with Crippen molar-refractivity contribution in [3.63, 3.8) is 0 Å². The molecule has 2 aliphatic heterocycles. The van der Waals surface area contributed by atoms with Gasteiger partial charge in [0.15, 0.2) is 0 Å². The Hall–Kier alpha value is -2.95. The van der Waals surface area contributed by atoms with Crippen molar-refractivity contribution in [1.29, 1.82) is 0 Å². The van der Waals surface area contributed by atoms with Gasteiger partial charge in [0.05, 0.1) is 0 Å². The van der Waals surface area contributed by atoms with Gasteiger partial charge < -0.3 is 24.4 Å². The molecule has 2 saturated heterocycles. The average Bonchev–Trinajstić information content (AvgIpc) is 3.12. The van der Waals surface area contributed by atoms with Gasteiger partial charge in [-0.25, -0.2) is 4.39 Å². The number of amidine groups is 1. The largest absolute Gasteiger partial charge is 0.486 e. The molecule has 6 nitrogen and oxygen atoms in total. The van der Waals surface area contributed by atoms with Crippen molar-refractivity contribution in [2.24, 2.45) is 26.7 Å². The predicted molar refractivity (Wildman–Crippen MR) is 254 cm³/mol. The van der Waals surface area contributed by atoms with E-state index in [0.29, 0.717) is 35.3 Å². The summed E-state index contributed by atoms with van der Waals surface area (Å²) in [6, 6.07) is 7.45. The first kappa shape index (κ1) is 62.3. The van der Waals surface area contributed by atoms with E-state index in [2.05, 4.69) is 134 Å². The molecule has 0 N–H and O–H groups in total. The average molecular weight is 788 g/mol. The van der Waals surface area contributed by atoms with E-state index in [9.17, 15) is 4.39 Å². The number of ether oxygens (including phenoxy) is 1. The highest BCUT2D eigenvalue weighted by atomic mass is 19.1. The summed E-state index contributed by atoms with van der Waals surface area (Å²) in [5.41, 5.74) is 2.19. The number of benzene rings is 1. The molecule has 1 saturated carbocycles. The third kappa shape index (κ3) is 34.3. The lowest BCUT2D eigenvalue weighted by molar-refractivity contribution is -0.0851. The van der Waals surface area contributed by atoms with Crippen molar-refractivity contribution in [3.05, 3.63) is 54.9 Å². The fraction of sp³-hybridized carbons (Fsp3) is 0.714. The molecule has 1 aromatic rings. The summed E-state index contributed by atoms with van der Waals surface area (Å²) in [6.45, 7) is 48.5. The number of terminal acetylenes is 1. The molecule has 0 bridgehead atoms. The third-order valence-electron chi connectivity index (χ3n) is 8.78. The monoisotopic (exact) mass is 788 g/mol. The number of hydrogen-bond acceptors (Lipinski definition) is 5. The maximum Gasteiger partial charge on any atom is 0.145 e. The molecule has 0 radical (unpaired) electrons. The molecular weight excluding hydrogens is 694 g/mol. The molecule has 0 unspecified atom stereocenters. The topological polar surface area (TPSA) is 43.7 Å². The zero-order chi connectivity index (χ0) is 44.9. The van der Waals surface area contributed by atoms with E-state index in [1.54, 1.807) is 32.3 Å². The van der Waals surface area contributed by atoms with Gasteiger partial charge in [0.25, 0.3) is 0 Å². The number of allylic oxidation sites excluding steroid dienone is 2. The Morgan fingerprint density at radius 3 is 1.62 bits per heavy atom. The van der Waals surface area contributed by atoms with Crippen LogP contribution in [-0.4, -0.2) is 99.8 Å². The van der Waals surface area contributed by atoms with Gasteiger partial charge in [0, 0.05) is 57.8 Å². The molecule has 0 atom stereocenters. The molecule has 4 rings (SSSR count). The minimum absolute atomic E-state index is 0.248. The molecule has 7 heteroatoms. The first-order valence-corrected chi connectivity index (χ1v) is 21.3. The SMILES string of the molecule is C#C.C=C(C)CC(C)(C)C.C=CC.C=NC.CC.CC.CC(C)N(C)C(C)C.CC1CCCCC1.CCN1CC2(C1)CN(C(COc1ccc(F)cc1)=NC)C2. The summed E-state index contributed by atoms with van der Waals surface area (Å²) in [5, 5.41) is 0. The maximum absolute atomic E-state index is 12.8. The summed E-state index contributed by atoms with van der Waals surface area (Å²) >= 11 is 0. The Balaban J connectivity index is -0.000000208. The van der Waals surface area contributed by atoms with Gasteiger partial charge in [-0.3, -0.25) is 4.99 Å². The van der Waals surface area contributed by atoms with Gasteiger partial charge in [-0.05, 0) is 104 Å². The van der Waals surface area contributed by atoms with Gasteiger partial charge in [0.2, 0.25) is 0 Å². The maximum atomic E-state index is 12.8. The number of nitrogens with zero attached hydrogens (tertiary/aromatic N) is 5. The fourth-order valence-corrected chi connectivity index (χ4v) is 6.06. The van der Waals surface area contributed by atoms with Crippen LogP contribution in [0.1, 0.15) is 142 Å². The minimum Gasteiger partial charge on any atom is -0.486 e. The Labute approximate surface area is 350 Å².